The highest BCUT2D eigenvalue weighted by molar-refractivity contribution is 6.31. The van der Waals surface area contributed by atoms with Crippen LogP contribution in [-0.2, 0) is 6.54 Å². The third-order valence-corrected chi connectivity index (χ3v) is 3.40. The van der Waals surface area contributed by atoms with E-state index in [4.69, 9.17) is 11.6 Å². The van der Waals surface area contributed by atoms with E-state index in [0.717, 1.165) is 34.3 Å². The Balaban J connectivity index is 2.31. The van der Waals surface area contributed by atoms with Gasteiger partial charge in [0.2, 0.25) is 0 Å². The fraction of sp³-hybridized carbons (Fsp3) is 0.385. The predicted octanol–water partition coefficient (Wildman–Crippen LogP) is 3.03. The Morgan fingerprint density at radius 3 is 2.78 bits per heavy atom. The van der Waals surface area contributed by atoms with Crippen molar-refractivity contribution in [3.05, 3.63) is 40.3 Å². The van der Waals surface area contributed by atoms with Crippen LogP contribution in [-0.4, -0.2) is 21.3 Å². The lowest BCUT2D eigenvalue weighted by Gasteiger charge is -2.10. The molecule has 2 aromatic rings. The zero-order chi connectivity index (χ0) is 13.1. The minimum absolute atomic E-state index is 0.676. The van der Waals surface area contributed by atoms with Gasteiger partial charge in [-0.2, -0.15) is 5.10 Å². The third-order valence-electron chi connectivity index (χ3n) is 2.85. The topological polar surface area (TPSA) is 42.7 Å². The maximum Gasteiger partial charge on any atom is 0.130 e. The number of hydrogen-bond acceptors (Lipinski definition) is 3. The van der Waals surface area contributed by atoms with Crippen LogP contribution in [0.3, 0.4) is 0 Å². The van der Waals surface area contributed by atoms with Crippen molar-refractivity contribution in [3.8, 4) is 0 Å². The van der Waals surface area contributed by atoms with Gasteiger partial charge in [-0.05, 0) is 26.8 Å². The van der Waals surface area contributed by atoms with Gasteiger partial charge in [0.15, 0.2) is 0 Å². The Bertz CT molecular complexity index is 548. The van der Waals surface area contributed by atoms with Gasteiger partial charge in [0, 0.05) is 18.3 Å². The summed E-state index contributed by atoms with van der Waals surface area (Å²) in [6, 6.07) is 3.98. The molecule has 4 nitrogen and oxygen atoms in total. The van der Waals surface area contributed by atoms with Crippen LogP contribution in [0.1, 0.15) is 23.9 Å². The van der Waals surface area contributed by atoms with Crippen LogP contribution >= 0.6 is 11.6 Å². The molecule has 0 amide bonds. The fourth-order valence-electron chi connectivity index (χ4n) is 1.88. The van der Waals surface area contributed by atoms with Crippen molar-refractivity contribution < 1.29 is 0 Å². The summed E-state index contributed by atoms with van der Waals surface area (Å²) in [5.74, 6) is 0.906. The molecule has 0 fully saturated rings. The SMILES string of the molecule is CCNc1ncccc1Cn1nc(C)c(Cl)c1C. The minimum Gasteiger partial charge on any atom is -0.370 e. The smallest absolute Gasteiger partial charge is 0.130 e. The van der Waals surface area contributed by atoms with E-state index < -0.39 is 0 Å². The Morgan fingerprint density at radius 1 is 1.39 bits per heavy atom. The van der Waals surface area contributed by atoms with Crippen LogP contribution in [0.2, 0.25) is 5.02 Å². The zero-order valence-corrected chi connectivity index (χ0v) is 11.6. The van der Waals surface area contributed by atoms with Gasteiger partial charge >= 0.3 is 0 Å². The Hall–Kier alpha value is -1.55. The second-order valence-corrected chi connectivity index (χ2v) is 4.56. The van der Waals surface area contributed by atoms with Gasteiger partial charge in [-0.15, -0.1) is 0 Å². The summed E-state index contributed by atoms with van der Waals surface area (Å²) in [5, 5.41) is 8.43. The molecule has 0 saturated heterocycles. The zero-order valence-electron chi connectivity index (χ0n) is 10.9. The molecule has 18 heavy (non-hydrogen) atoms. The van der Waals surface area contributed by atoms with Crippen molar-refractivity contribution in [2.75, 3.05) is 11.9 Å². The van der Waals surface area contributed by atoms with Crippen LogP contribution in [0.5, 0.6) is 0 Å². The number of aryl methyl sites for hydroxylation is 1. The van der Waals surface area contributed by atoms with Crippen molar-refractivity contribution >= 4 is 17.4 Å². The Kier molecular flexibility index (Phi) is 3.87. The van der Waals surface area contributed by atoms with E-state index in [1.54, 1.807) is 6.20 Å². The summed E-state index contributed by atoms with van der Waals surface area (Å²) in [6.45, 7) is 7.47. The molecule has 0 aliphatic heterocycles. The summed E-state index contributed by atoms with van der Waals surface area (Å²) >= 11 is 6.15. The molecule has 2 rings (SSSR count). The molecule has 1 N–H and O–H groups in total. The average molecular weight is 265 g/mol. The molecule has 0 unspecified atom stereocenters. The van der Waals surface area contributed by atoms with Gasteiger partial charge in [0.05, 0.1) is 23.0 Å². The first-order chi connectivity index (χ1) is 8.63. The lowest BCUT2D eigenvalue weighted by atomic mass is 10.2. The van der Waals surface area contributed by atoms with Crippen molar-refractivity contribution in [2.45, 2.75) is 27.3 Å². The molecule has 0 bridgehead atoms. The van der Waals surface area contributed by atoms with Crippen molar-refractivity contribution in [1.29, 1.82) is 0 Å². The van der Waals surface area contributed by atoms with Crippen LogP contribution in [0.4, 0.5) is 5.82 Å². The van der Waals surface area contributed by atoms with E-state index in [1.807, 2.05) is 24.6 Å². The van der Waals surface area contributed by atoms with E-state index in [-0.39, 0.29) is 0 Å². The highest BCUT2D eigenvalue weighted by atomic mass is 35.5. The van der Waals surface area contributed by atoms with E-state index in [1.165, 1.54) is 0 Å². The lowest BCUT2D eigenvalue weighted by Crippen LogP contribution is -2.09. The molecule has 2 heterocycles. The molecule has 0 aliphatic carbocycles. The van der Waals surface area contributed by atoms with Gasteiger partial charge in [-0.25, -0.2) is 4.98 Å². The highest BCUT2D eigenvalue weighted by Gasteiger charge is 2.11. The van der Waals surface area contributed by atoms with Crippen LogP contribution in [0.25, 0.3) is 0 Å². The number of nitrogens with one attached hydrogen (secondary N) is 1. The average Bonchev–Trinajstić information content (AvgIpc) is 2.60. The van der Waals surface area contributed by atoms with Gasteiger partial charge in [-0.3, -0.25) is 4.68 Å². The molecule has 0 atom stereocenters. The molecule has 0 aromatic carbocycles. The first-order valence-electron chi connectivity index (χ1n) is 6.00. The first kappa shape index (κ1) is 12.9. The van der Waals surface area contributed by atoms with Crippen LogP contribution < -0.4 is 5.32 Å². The molecular formula is C13H17ClN4. The number of hydrogen-bond donors (Lipinski definition) is 1. The number of aromatic nitrogens is 3. The first-order valence-corrected chi connectivity index (χ1v) is 6.38. The molecule has 0 aliphatic rings. The summed E-state index contributed by atoms with van der Waals surface area (Å²) in [6.07, 6.45) is 1.79. The fourth-order valence-corrected chi connectivity index (χ4v) is 2.02. The highest BCUT2D eigenvalue weighted by Crippen LogP contribution is 2.21. The number of rotatable bonds is 4. The maximum atomic E-state index is 6.15. The van der Waals surface area contributed by atoms with E-state index in [2.05, 4.69) is 28.4 Å². The molecule has 96 valence electrons. The largest absolute Gasteiger partial charge is 0.370 e. The number of pyridine rings is 1. The summed E-state index contributed by atoms with van der Waals surface area (Å²) < 4.78 is 1.91. The van der Waals surface area contributed by atoms with Crippen molar-refractivity contribution in [2.24, 2.45) is 0 Å². The summed E-state index contributed by atoms with van der Waals surface area (Å²) in [5.41, 5.74) is 2.96. The number of halogens is 1. The van der Waals surface area contributed by atoms with Crippen LogP contribution in [0, 0.1) is 13.8 Å². The van der Waals surface area contributed by atoms with Gasteiger partial charge < -0.3 is 5.32 Å². The summed E-state index contributed by atoms with van der Waals surface area (Å²) in [4.78, 5) is 4.34. The normalized spacial score (nSPS) is 10.7. The van der Waals surface area contributed by atoms with E-state index >= 15 is 0 Å². The molecule has 2 aromatic heterocycles. The second-order valence-electron chi connectivity index (χ2n) is 4.18. The number of anilines is 1. The molecule has 5 heteroatoms. The van der Waals surface area contributed by atoms with Crippen molar-refractivity contribution in [1.82, 2.24) is 14.8 Å². The van der Waals surface area contributed by atoms with Crippen LogP contribution in [0.15, 0.2) is 18.3 Å². The van der Waals surface area contributed by atoms with Gasteiger partial charge in [0.1, 0.15) is 5.82 Å². The quantitative estimate of drug-likeness (QED) is 0.923. The second kappa shape index (κ2) is 5.40. The molecule has 0 radical (unpaired) electrons. The molecule has 0 saturated carbocycles. The van der Waals surface area contributed by atoms with Crippen molar-refractivity contribution in [3.63, 3.8) is 0 Å². The van der Waals surface area contributed by atoms with E-state index in [0.29, 0.717) is 6.54 Å². The van der Waals surface area contributed by atoms with Gasteiger partial charge in [0.25, 0.3) is 0 Å². The monoisotopic (exact) mass is 264 g/mol. The van der Waals surface area contributed by atoms with E-state index in [9.17, 15) is 0 Å². The standard InChI is InChI=1S/C13H17ClN4/c1-4-15-13-11(6-5-7-16-13)8-18-10(3)12(14)9(2)17-18/h5-7H,4,8H2,1-3H3,(H,15,16). The molecular weight excluding hydrogens is 248 g/mol. The number of nitrogens with zero attached hydrogens (tertiary/aromatic N) is 3. The Labute approximate surface area is 112 Å². The minimum atomic E-state index is 0.676. The Morgan fingerprint density at radius 2 is 2.17 bits per heavy atom. The van der Waals surface area contributed by atoms with Gasteiger partial charge in [-0.1, -0.05) is 17.7 Å². The lowest BCUT2D eigenvalue weighted by molar-refractivity contribution is 0.658. The maximum absolute atomic E-state index is 6.15. The summed E-state index contributed by atoms with van der Waals surface area (Å²) in [7, 11) is 0. The predicted molar refractivity (Wildman–Crippen MR) is 74.2 cm³/mol. The third kappa shape index (κ3) is 2.48. The molecule has 0 spiro atoms.